The average Bonchev–Trinajstić information content (AvgIpc) is 2.43. The molecule has 0 N–H and O–H groups in total. The van der Waals surface area contributed by atoms with E-state index in [4.69, 9.17) is 0 Å². The summed E-state index contributed by atoms with van der Waals surface area (Å²) in [5.41, 5.74) is 1.16. The number of carbonyl (C=O) groups is 2. The third-order valence-corrected chi connectivity index (χ3v) is 3.30. The van der Waals surface area contributed by atoms with Crippen molar-refractivity contribution in [3.05, 3.63) is 22.9 Å². The molecule has 0 saturated heterocycles. The Kier molecular flexibility index (Phi) is 6.16. The van der Waals surface area contributed by atoms with Gasteiger partial charge in [-0.05, 0) is 18.4 Å². The van der Waals surface area contributed by atoms with Gasteiger partial charge in [-0.15, -0.1) is 0 Å². The van der Waals surface area contributed by atoms with E-state index in [1.165, 1.54) is 4.90 Å². The minimum absolute atomic E-state index is 0.112. The van der Waals surface area contributed by atoms with Gasteiger partial charge in [0, 0.05) is 26.8 Å². The Morgan fingerprint density at radius 3 is 2.33 bits per heavy atom. The summed E-state index contributed by atoms with van der Waals surface area (Å²) < 4.78 is 0. The van der Waals surface area contributed by atoms with Crippen LogP contribution < -0.4 is 0 Å². The number of nitriles is 1. The van der Waals surface area contributed by atoms with Crippen LogP contribution in [0.3, 0.4) is 0 Å². The number of hydrogen-bond acceptors (Lipinski definition) is 4. The van der Waals surface area contributed by atoms with Gasteiger partial charge < -0.3 is 4.90 Å². The zero-order valence-corrected chi connectivity index (χ0v) is 13.3. The Bertz CT molecular complexity index is 524. The van der Waals surface area contributed by atoms with Crippen molar-refractivity contribution in [3.8, 4) is 6.07 Å². The topological polar surface area (TPSA) is 64.4 Å². The van der Waals surface area contributed by atoms with Gasteiger partial charge in [-0.25, -0.2) is 0 Å². The minimum atomic E-state index is -0.449. The molecule has 21 heavy (non-hydrogen) atoms. The summed E-state index contributed by atoms with van der Waals surface area (Å²) in [7, 11) is 3.64. The van der Waals surface area contributed by atoms with Crippen LogP contribution >= 0.6 is 0 Å². The van der Waals surface area contributed by atoms with Gasteiger partial charge in [0.2, 0.25) is 0 Å². The lowest BCUT2D eigenvalue weighted by Crippen LogP contribution is -2.43. The van der Waals surface area contributed by atoms with Gasteiger partial charge in [0.15, 0.2) is 0 Å². The van der Waals surface area contributed by atoms with Gasteiger partial charge in [-0.3, -0.25) is 14.5 Å². The molecule has 114 valence electrons. The maximum Gasteiger partial charge on any atom is 0.271 e. The Morgan fingerprint density at radius 1 is 1.19 bits per heavy atom. The summed E-state index contributed by atoms with van der Waals surface area (Å²) in [4.78, 5) is 27.9. The van der Waals surface area contributed by atoms with Crippen LogP contribution in [0, 0.1) is 11.3 Å². The molecule has 0 unspecified atom stereocenters. The average molecular weight is 289 g/mol. The zero-order valence-electron chi connectivity index (χ0n) is 13.3. The number of imide groups is 1. The van der Waals surface area contributed by atoms with Crippen LogP contribution in [0.15, 0.2) is 22.9 Å². The van der Waals surface area contributed by atoms with Gasteiger partial charge in [0.05, 0.1) is 5.57 Å². The van der Waals surface area contributed by atoms with Gasteiger partial charge >= 0.3 is 0 Å². The van der Waals surface area contributed by atoms with Crippen LogP contribution in [0.25, 0.3) is 0 Å². The minimum Gasteiger partial charge on any atom is -0.383 e. The van der Waals surface area contributed by atoms with E-state index in [0.29, 0.717) is 24.1 Å². The molecular weight excluding hydrogens is 266 g/mol. The third-order valence-electron chi connectivity index (χ3n) is 3.30. The number of nitrogens with zero attached hydrogens (tertiary/aromatic N) is 3. The van der Waals surface area contributed by atoms with E-state index in [9.17, 15) is 14.9 Å². The molecule has 0 spiro atoms. The monoisotopic (exact) mass is 289 g/mol. The second-order valence-electron chi connectivity index (χ2n) is 5.34. The third kappa shape index (κ3) is 3.72. The molecule has 1 heterocycles. The van der Waals surface area contributed by atoms with Gasteiger partial charge in [0.25, 0.3) is 11.8 Å². The first-order valence-electron chi connectivity index (χ1n) is 7.35. The first-order valence-corrected chi connectivity index (χ1v) is 7.35. The van der Waals surface area contributed by atoms with E-state index in [2.05, 4.69) is 0 Å². The Balaban J connectivity index is 3.37. The Hall–Kier alpha value is -2.09. The van der Waals surface area contributed by atoms with E-state index >= 15 is 0 Å². The summed E-state index contributed by atoms with van der Waals surface area (Å²) in [5.74, 6) is -0.736. The van der Waals surface area contributed by atoms with Gasteiger partial charge in [0.1, 0.15) is 11.6 Å². The van der Waals surface area contributed by atoms with Crippen LogP contribution in [0.4, 0.5) is 0 Å². The van der Waals surface area contributed by atoms with Gasteiger partial charge in [-0.2, -0.15) is 5.26 Å². The fourth-order valence-electron chi connectivity index (χ4n) is 2.30. The number of rotatable bonds is 6. The highest BCUT2D eigenvalue weighted by Gasteiger charge is 2.36. The van der Waals surface area contributed by atoms with Crippen molar-refractivity contribution in [3.63, 3.8) is 0 Å². The number of amides is 2. The van der Waals surface area contributed by atoms with Crippen LogP contribution in [0.5, 0.6) is 0 Å². The van der Waals surface area contributed by atoms with Crippen molar-refractivity contribution in [1.82, 2.24) is 9.80 Å². The predicted molar refractivity (Wildman–Crippen MR) is 80.9 cm³/mol. The highest BCUT2D eigenvalue weighted by molar-refractivity contribution is 6.18. The number of unbranched alkanes of at least 4 members (excludes halogenated alkanes) is 1. The summed E-state index contributed by atoms with van der Waals surface area (Å²) in [6, 6.07) is 2.00. The lowest BCUT2D eigenvalue weighted by molar-refractivity contribution is -0.140. The van der Waals surface area contributed by atoms with Crippen molar-refractivity contribution in [2.45, 2.75) is 39.5 Å². The van der Waals surface area contributed by atoms with E-state index < -0.39 is 5.91 Å². The predicted octanol–water partition coefficient (Wildman–Crippen LogP) is 2.22. The quantitative estimate of drug-likeness (QED) is 0.555. The van der Waals surface area contributed by atoms with Crippen molar-refractivity contribution in [2.24, 2.45) is 0 Å². The molecule has 0 aromatic heterocycles. The standard InChI is InChI=1S/C16H23N3O2/c1-5-7-9-19-15(20)13(10-17)12(8-6-2)14(16(19)21)11-18(3)4/h11H,5-9H2,1-4H3/b14-11-. The van der Waals surface area contributed by atoms with E-state index in [-0.39, 0.29) is 11.5 Å². The van der Waals surface area contributed by atoms with Crippen LogP contribution in [0.1, 0.15) is 39.5 Å². The molecule has 0 bridgehead atoms. The molecule has 5 nitrogen and oxygen atoms in total. The maximum absolute atomic E-state index is 12.6. The van der Waals surface area contributed by atoms with Gasteiger partial charge in [-0.1, -0.05) is 26.7 Å². The smallest absolute Gasteiger partial charge is 0.271 e. The molecule has 0 saturated carbocycles. The Morgan fingerprint density at radius 2 is 1.86 bits per heavy atom. The highest BCUT2D eigenvalue weighted by atomic mass is 16.2. The lowest BCUT2D eigenvalue weighted by Gasteiger charge is -2.29. The molecule has 0 aliphatic carbocycles. The molecule has 0 atom stereocenters. The first kappa shape index (κ1) is 17.0. The highest BCUT2D eigenvalue weighted by Crippen LogP contribution is 2.29. The zero-order chi connectivity index (χ0) is 16.0. The fourth-order valence-corrected chi connectivity index (χ4v) is 2.30. The van der Waals surface area contributed by atoms with Crippen LogP contribution in [0.2, 0.25) is 0 Å². The number of carbonyl (C=O) groups excluding carboxylic acids is 2. The molecule has 0 aromatic carbocycles. The van der Waals surface area contributed by atoms with Crippen molar-refractivity contribution >= 4 is 11.8 Å². The molecule has 1 aliphatic heterocycles. The molecule has 1 aliphatic rings. The van der Waals surface area contributed by atoms with E-state index in [1.54, 1.807) is 11.1 Å². The summed E-state index contributed by atoms with van der Waals surface area (Å²) in [5, 5.41) is 9.33. The molecule has 0 aromatic rings. The molecule has 2 amide bonds. The molecule has 0 radical (unpaired) electrons. The van der Waals surface area contributed by atoms with E-state index in [0.717, 1.165) is 19.3 Å². The summed E-state index contributed by atoms with van der Waals surface area (Å²) >= 11 is 0. The second-order valence-corrected chi connectivity index (χ2v) is 5.34. The molecule has 0 fully saturated rings. The molecular formula is C16H23N3O2. The van der Waals surface area contributed by atoms with Crippen molar-refractivity contribution in [1.29, 1.82) is 5.26 Å². The van der Waals surface area contributed by atoms with Crippen LogP contribution in [-0.2, 0) is 9.59 Å². The SMILES string of the molecule is CCCCN1C(=O)C(C#N)=C(CCC)/C(=C/N(C)C)C1=O. The fraction of sp³-hybridized carbons (Fsp3) is 0.562. The molecule has 5 heteroatoms. The number of hydrogen-bond donors (Lipinski definition) is 0. The first-order chi connectivity index (χ1) is 9.97. The lowest BCUT2D eigenvalue weighted by atomic mass is 9.91. The summed E-state index contributed by atoms with van der Waals surface area (Å²) in [6.07, 6.45) is 4.67. The normalized spacial score (nSPS) is 17.5. The maximum atomic E-state index is 12.6. The summed E-state index contributed by atoms with van der Waals surface area (Å²) in [6.45, 7) is 4.33. The van der Waals surface area contributed by atoms with Crippen molar-refractivity contribution in [2.75, 3.05) is 20.6 Å². The van der Waals surface area contributed by atoms with E-state index in [1.807, 2.05) is 34.0 Å². The second kappa shape index (κ2) is 7.63. The largest absolute Gasteiger partial charge is 0.383 e. The Labute approximate surface area is 126 Å². The molecule has 1 rings (SSSR count). The van der Waals surface area contributed by atoms with Crippen LogP contribution in [-0.4, -0.2) is 42.3 Å². The van der Waals surface area contributed by atoms with Crippen molar-refractivity contribution < 1.29 is 9.59 Å².